The molecule has 2 atom stereocenters. The molecule has 0 aromatic rings. The van der Waals surface area contributed by atoms with Gasteiger partial charge in [0.05, 0.1) is 0 Å². The van der Waals surface area contributed by atoms with E-state index in [-0.39, 0.29) is 23.1 Å². The van der Waals surface area contributed by atoms with Gasteiger partial charge in [-0.25, -0.2) is 0 Å². The van der Waals surface area contributed by atoms with E-state index in [4.69, 9.17) is 9.47 Å². The highest BCUT2D eigenvalue weighted by Crippen LogP contribution is 2.60. The molecule has 4 aliphatic carbocycles. The van der Waals surface area contributed by atoms with Crippen LogP contribution in [0.3, 0.4) is 0 Å². The Hall–Kier alpha value is -1.06. The first-order valence-electron chi connectivity index (χ1n) is 7.36. The first-order valence-corrected chi connectivity index (χ1v) is 7.36. The van der Waals surface area contributed by atoms with Crippen LogP contribution in [-0.4, -0.2) is 23.1 Å². The highest BCUT2D eigenvalue weighted by Gasteiger charge is 2.61. The molecular weight excluding hydrogens is 244 g/mol. The lowest BCUT2D eigenvalue weighted by molar-refractivity contribution is -0.230. The van der Waals surface area contributed by atoms with Gasteiger partial charge in [0.25, 0.3) is 0 Å². The molecule has 0 aromatic carbocycles. The van der Waals surface area contributed by atoms with Gasteiger partial charge in [-0.3, -0.25) is 9.59 Å². The summed E-state index contributed by atoms with van der Waals surface area (Å²) in [5.41, 5.74) is -0.712. The van der Waals surface area contributed by atoms with Gasteiger partial charge in [-0.05, 0) is 43.9 Å². The van der Waals surface area contributed by atoms with Gasteiger partial charge in [0.15, 0.2) is 0 Å². The molecule has 0 amide bonds. The van der Waals surface area contributed by atoms with Crippen LogP contribution in [0.4, 0.5) is 0 Å². The van der Waals surface area contributed by atoms with Crippen LogP contribution in [0.2, 0.25) is 0 Å². The predicted octanol–water partition coefficient (Wildman–Crippen LogP) is 2.59. The highest BCUT2D eigenvalue weighted by atomic mass is 16.6. The van der Waals surface area contributed by atoms with E-state index in [9.17, 15) is 9.59 Å². The van der Waals surface area contributed by atoms with E-state index in [0.29, 0.717) is 24.7 Å². The van der Waals surface area contributed by atoms with Gasteiger partial charge in [0.1, 0.15) is 11.2 Å². The second-order valence-electron chi connectivity index (χ2n) is 6.75. The minimum absolute atomic E-state index is 0.125. The SMILES string of the molecule is CCC(=O)OC12CC3CC(CC(OC(C)=O)(C3)C1)C2. The van der Waals surface area contributed by atoms with Crippen molar-refractivity contribution in [3.63, 3.8) is 0 Å². The predicted molar refractivity (Wildman–Crippen MR) is 68.3 cm³/mol. The molecule has 0 N–H and O–H groups in total. The molecule has 4 rings (SSSR count). The second-order valence-corrected chi connectivity index (χ2v) is 6.75. The summed E-state index contributed by atoms with van der Waals surface area (Å²) < 4.78 is 11.4. The van der Waals surface area contributed by atoms with Crippen molar-refractivity contribution in [2.45, 2.75) is 70.0 Å². The standard InChI is InChI=1S/C15H22O4/c1-3-13(17)19-15-7-11-4-12(8-15)6-14(5-11,9-15)18-10(2)16/h11-12H,3-9H2,1-2H3. The van der Waals surface area contributed by atoms with Gasteiger partial charge in [-0.2, -0.15) is 0 Å². The van der Waals surface area contributed by atoms with Crippen LogP contribution >= 0.6 is 0 Å². The van der Waals surface area contributed by atoms with E-state index < -0.39 is 0 Å². The molecule has 4 fully saturated rings. The molecule has 0 saturated heterocycles. The zero-order valence-corrected chi connectivity index (χ0v) is 11.7. The molecule has 106 valence electrons. The summed E-state index contributed by atoms with van der Waals surface area (Å²) in [4.78, 5) is 23.1. The third-order valence-corrected chi connectivity index (χ3v) is 4.93. The Balaban J connectivity index is 1.84. The van der Waals surface area contributed by atoms with Crippen LogP contribution in [0, 0.1) is 11.8 Å². The van der Waals surface area contributed by atoms with Crippen LogP contribution in [0.25, 0.3) is 0 Å². The first-order chi connectivity index (χ1) is 8.94. The van der Waals surface area contributed by atoms with Crippen molar-refractivity contribution in [1.29, 1.82) is 0 Å². The fraction of sp³-hybridized carbons (Fsp3) is 0.867. The van der Waals surface area contributed by atoms with E-state index >= 15 is 0 Å². The highest BCUT2D eigenvalue weighted by molar-refractivity contribution is 5.69. The maximum Gasteiger partial charge on any atom is 0.306 e. The number of hydrogen-bond donors (Lipinski definition) is 0. The number of rotatable bonds is 3. The van der Waals surface area contributed by atoms with Gasteiger partial charge in [-0.1, -0.05) is 6.92 Å². The van der Waals surface area contributed by atoms with Crippen molar-refractivity contribution in [3.05, 3.63) is 0 Å². The largest absolute Gasteiger partial charge is 0.459 e. The topological polar surface area (TPSA) is 52.6 Å². The Labute approximate surface area is 113 Å². The summed E-state index contributed by atoms with van der Waals surface area (Å²) in [6.45, 7) is 3.30. The molecule has 4 aliphatic rings. The lowest BCUT2D eigenvalue weighted by Crippen LogP contribution is -2.61. The normalized spacial score (nSPS) is 43.1. The Morgan fingerprint density at radius 1 is 1.05 bits per heavy atom. The average Bonchev–Trinajstić information content (AvgIpc) is 2.24. The lowest BCUT2D eigenvalue weighted by Gasteiger charge is -2.60. The van der Waals surface area contributed by atoms with Crippen LogP contribution in [0.1, 0.15) is 58.8 Å². The molecule has 4 saturated carbocycles. The molecule has 19 heavy (non-hydrogen) atoms. The Kier molecular flexibility index (Phi) is 2.88. The fourth-order valence-electron chi connectivity index (χ4n) is 4.95. The number of esters is 2. The molecule has 0 aliphatic heterocycles. The first kappa shape index (κ1) is 12.9. The summed E-state index contributed by atoms with van der Waals surface area (Å²) in [6, 6.07) is 0. The van der Waals surface area contributed by atoms with E-state index in [1.807, 2.05) is 6.92 Å². The molecule has 0 heterocycles. The molecular formula is C15H22O4. The maximum atomic E-state index is 11.7. The van der Waals surface area contributed by atoms with Gasteiger partial charge >= 0.3 is 11.9 Å². The second kappa shape index (κ2) is 4.22. The quantitative estimate of drug-likeness (QED) is 0.737. The molecule has 2 unspecified atom stereocenters. The van der Waals surface area contributed by atoms with Gasteiger partial charge < -0.3 is 9.47 Å². The molecule has 4 heteroatoms. The molecule has 4 nitrogen and oxygen atoms in total. The number of carbonyl (C=O) groups is 2. The van der Waals surface area contributed by atoms with E-state index in [1.54, 1.807) is 0 Å². The van der Waals surface area contributed by atoms with Crippen molar-refractivity contribution >= 4 is 11.9 Å². The van der Waals surface area contributed by atoms with Crippen molar-refractivity contribution in [2.75, 3.05) is 0 Å². The zero-order valence-electron chi connectivity index (χ0n) is 11.7. The maximum absolute atomic E-state index is 11.7. The summed E-state index contributed by atoms with van der Waals surface area (Å²) in [6.07, 6.45) is 6.14. The van der Waals surface area contributed by atoms with E-state index in [2.05, 4.69) is 0 Å². The molecule has 0 radical (unpaired) electrons. The van der Waals surface area contributed by atoms with E-state index in [1.165, 1.54) is 13.3 Å². The summed E-state index contributed by atoms with van der Waals surface area (Å²) in [5.74, 6) is 0.759. The summed E-state index contributed by atoms with van der Waals surface area (Å²) >= 11 is 0. The summed E-state index contributed by atoms with van der Waals surface area (Å²) in [5, 5.41) is 0. The summed E-state index contributed by atoms with van der Waals surface area (Å²) in [7, 11) is 0. The Bertz CT molecular complexity index is 400. The van der Waals surface area contributed by atoms with Crippen LogP contribution < -0.4 is 0 Å². The minimum atomic E-state index is -0.357. The van der Waals surface area contributed by atoms with Crippen LogP contribution in [0.15, 0.2) is 0 Å². The molecule has 0 aromatic heterocycles. The Morgan fingerprint density at radius 2 is 1.58 bits per heavy atom. The van der Waals surface area contributed by atoms with Crippen LogP contribution in [0.5, 0.6) is 0 Å². The van der Waals surface area contributed by atoms with E-state index in [0.717, 1.165) is 25.7 Å². The van der Waals surface area contributed by atoms with Gasteiger partial charge in [0.2, 0.25) is 0 Å². The monoisotopic (exact) mass is 266 g/mol. The van der Waals surface area contributed by atoms with Crippen molar-refractivity contribution in [1.82, 2.24) is 0 Å². The van der Waals surface area contributed by atoms with Gasteiger partial charge in [0, 0.05) is 19.8 Å². The third-order valence-electron chi connectivity index (χ3n) is 4.93. The van der Waals surface area contributed by atoms with Gasteiger partial charge in [-0.15, -0.1) is 0 Å². The van der Waals surface area contributed by atoms with Crippen molar-refractivity contribution in [3.8, 4) is 0 Å². The smallest absolute Gasteiger partial charge is 0.306 e. The zero-order chi connectivity index (χ0) is 13.7. The third kappa shape index (κ3) is 2.26. The molecule has 4 bridgehead atoms. The number of hydrogen-bond acceptors (Lipinski definition) is 4. The number of ether oxygens (including phenoxy) is 2. The lowest BCUT2D eigenvalue weighted by atomic mass is 9.52. The fourth-order valence-corrected chi connectivity index (χ4v) is 4.95. The van der Waals surface area contributed by atoms with Crippen LogP contribution in [-0.2, 0) is 19.1 Å². The Morgan fingerprint density at radius 3 is 2.05 bits per heavy atom. The minimum Gasteiger partial charge on any atom is -0.459 e. The molecule has 0 spiro atoms. The van der Waals surface area contributed by atoms with Crippen molar-refractivity contribution < 1.29 is 19.1 Å². The van der Waals surface area contributed by atoms with Crippen molar-refractivity contribution in [2.24, 2.45) is 11.8 Å². The average molecular weight is 266 g/mol. The number of carbonyl (C=O) groups excluding carboxylic acids is 2.